The van der Waals surface area contributed by atoms with Gasteiger partial charge in [-0.05, 0) is 31.6 Å². The lowest BCUT2D eigenvalue weighted by Gasteiger charge is -2.21. The molecule has 0 saturated heterocycles. The maximum atomic E-state index is 9.86. The molecule has 72 valence electrons. The Hall–Kier alpha value is -1.24. The number of aliphatic imine (C=N–C) groups is 1. The largest absolute Gasteiger partial charge is 0.235 e. The number of isocyanates is 2. The number of carbonyl (C=O) groups excluding carboxylic acids is 2. The van der Waals surface area contributed by atoms with E-state index in [2.05, 4.69) is 11.9 Å². The van der Waals surface area contributed by atoms with Gasteiger partial charge in [0.25, 0.3) is 0 Å². The maximum absolute atomic E-state index is 9.86. The predicted molar refractivity (Wildman–Crippen MR) is 48.0 cm³/mol. The van der Waals surface area contributed by atoms with Crippen LogP contribution in [0.4, 0.5) is 0 Å². The second-order valence-electron chi connectivity index (χ2n) is 3.24. The molecule has 0 atom stereocenters. The molecule has 1 aliphatic carbocycles. The summed E-state index contributed by atoms with van der Waals surface area (Å²) in [4.78, 5) is 21.9. The molecule has 1 fully saturated rings. The van der Waals surface area contributed by atoms with Gasteiger partial charge in [-0.3, -0.25) is 0 Å². The fraction of sp³-hybridized carbons (Fsp3) is 0.778. The Bertz CT molecular complexity index is 208. The van der Waals surface area contributed by atoms with Crippen LogP contribution in [0.5, 0.6) is 0 Å². The third-order valence-corrected chi connectivity index (χ3v) is 2.22. The zero-order valence-corrected chi connectivity index (χ0v) is 7.75. The Balaban J connectivity index is 0.000000424. The number of hydrogen-bond acceptors (Lipinski definition) is 4. The van der Waals surface area contributed by atoms with Crippen LogP contribution in [0.2, 0.25) is 0 Å². The standard InChI is InChI=1S/C8H13NO.CHNO/c1-7-2-4-8(5-3-7)9-6-10;2-1-3/h7-8H,2-5H2,1H3;2H. The fourth-order valence-electron chi connectivity index (χ4n) is 1.45. The molecule has 0 aliphatic heterocycles. The molecule has 4 nitrogen and oxygen atoms in total. The molecule has 0 spiro atoms. The molecular weight excluding hydrogens is 168 g/mol. The average molecular weight is 182 g/mol. The molecule has 1 aliphatic rings. The molecule has 1 rings (SSSR count). The van der Waals surface area contributed by atoms with Crippen LogP contribution in [-0.2, 0) is 9.59 Å². The zero-order chi connectivity index (χ0) is 10.1. The van der Waals surface area contributed by atoms with Crippen molar-refractivity contribution in [1.82, 2.24) is 0 Å². The number of nitrogens with zero attached hydrogens (tertiary/aromatic N) is 1. The zero-order valence-electron chi connectivity index (χ0n) is 7.75. The summed E-state index contributed by atoms with van der Waals surface area (Å²) >= 11 is 0. The first-order chi connectivity index (χ1) is 6.24. The molecule has 0 bridgehead atoms. The minimum Gasteiger partial charge on any atom is -0.222 e. The highest BCUT2D eigenvalue weighted by atomic mass is 16.1. The molecule has 4 heteroatoms. The molecule has 1 saturated carbocycles. The molecule has 0 aromatic rings. The molecule has 0 aromatic heterocycles. The summed E-state index contributed by atoms with van der Waals surface area (Å²) in [7, 11) is 0. The lowest BCUT2D eigenvalue weighted by atomic mass is 9.88. The summed E-state index contributed by atoms with van der Waals surface area (Å²) in [5.74, 6) is 0.832. The molecule has 0 unspecified atom stereocenters. The van der Waals surface area contributed by atoms with E-state index in [-0.39, 0.29) is 6.04 Å². The molecular formula is C9H14N2O2. The minimum atomic E-state index is 0.286. The van der Waals surface area contributed by atoms with Gasteiger partial charge in [0.1, 0.15) is 0 Å². The SMILES string of the molecule is CC1CCC(N=C=O)CC1.N=C=O. The summed E-state index contributed by atoms with van der Waals surface area (Å²) in [6, 6.07) is 0.286. The first-order valence-corrected chi connectivity index (χ1v) is 4.35. The van der Waals surface area contributed by atoms with Crippen molar-refractivity contribution in [3.8, 4) is 0 Å². The molecule has 1 N–H and O–H groups in total. The minimum absolute atomic E-state index is 0.286. The number of nitrogens with one attached hydrogen (secondary N) is 1. The Morgan fingerprint density at radius 1 is 1.23 bits per heavy atom. The van der Waals surface area contributed by atoms with Crippen molar-refractivity contribution in [3.63, 3.8) is 0 Å². The summed E-state index contributed by atoms with van der Waals surface area (Å²) in [5.41, 5.74) is 0. The van der Waals surface area contributed by atoms with E-state index in [0.29, 0.717) is 0 Å². The highest BCUT2D eigenvalue weighted by Gasteiger charge is 2.16. The van der Waals surface area contributed by atoms with Crippen molar-refractivity contribution in [3.05, 3.63) is 0 Å². The predicted octanol–water partition coefficient (Wildman–Crippen LogP) is 1.80. The van der Waals surface area contributed by atoms with Crippen LogP contribution in [0.3, 0.4) is 0 Å². The van der Waals surface area contributed by atoms with Gasteiger partial charge in [0, 0.05) is 0 Å². The van der Waals surface area contributed by atoms with E-state index in [1.165, 1.54) is 12.8 Å². The third kappa shape index (κ3) is 5.97. The van der Waals surface area contributed by atoms with Gasteiger partial charge in [-0.2, -0.15) is 0 Å². The Labute approximate surface area is 77.6 Å². The van der Waals surface area contributed by atoms with Gasteiger partial charge in [-0.25, -0.2) is 20.0 Å². The molecule has 0 radical (unpaired) electrons. The average Bonchev–Trinajstić information content (AvgIpc) is 2.11. The van der Waals surface area contributed by atoms with Crippen molar-refractivity contribution in [2.75, 3.05) is 0 Å². The van der Waals surface area contributed by atoms with Crippen molar-refractivity contribution in [1.29, 1.82) is 5.41 Å². The van der Waals surface area contributed by atoms with E-state index in [9.17, 15) is 4.79 Å². The second-order valence-corrected chi connectivity index (χ2v) is 3.24. The van der Waals surface area contributed by atoms with Crippen molar-refractivity contribution in [2.45, 2.75) is 38.6 Å². The van der Waals surface area contributed by atoms with Crippen LogP contribution in [0.25, 0.3) is 0 Å². The summed E-state index contributed by atoms with van der Waals surface area (Å²) in [6.45, 7) is 2.25. The topological polar surface area (TPSA) is 70.3 Å². The second kappa shape index (κ2) is 7.41. The maximum Gasteiger partial charge on any atom is 0.235 e. The van der Waals surface area contributed by atoms with Gasteiger partial charge < -0.3 is 0 Å². The van der Waals surface area contributed by atoms with Gasteiger partial charge in [0.2, 0.25) is 12.2 Å². The van der Waals surface area contributed by atoms with Gasteiger partial charge in [0.15, 0.2) is 0 Å². The Morgan fingerprint density at radius 3 is 2.08 bits per heavy atom. The van der Waals surface area contributed by atoms with Gasteiger partial charge in [-0.15, -0.1) is 0 Å². The summed E-state index contributed by atoms with van der Waals surface area (Å²) < 4.78 is 0. The van der Waals surface area contributed by atoms with Gasteiger partial charge >= 0.3 is 0 Å². The van der Waals surface area contributed by atoms with E-state index < -0.39 is 0 Å². The molecule has 0 amide bonds. The van der Waals surface area contributed by atoms with E-state index in [1.54, 1.807) is 6.08 Å². The number of hydrogen-bond donors (Lipinski definition) is 1. The van der Waals surface area contributed by atoms with Crippen molar-refractivity contribution >= 4 is 12.2 Å². The van der Waals surface area contributed by atoms with Crippen LogP contribution in [0.15, 0.2) is 4.99 Å². The van der Waals surface area contributed by atoms with Crippen LogP contribution >= 0.6 is 0 Å². The van der Waals surface area contributed by atoms with E-state index in [0.717, 1.165) is 24.8 Å². The van der Waals surface area contributed by atoms with Crippen LogP contribution < -0.4 is 0 Å². The highest BCUT2D eigenvalue weighted by Crippen LogP contribution is 2.24. The summed E-state index contributed by atoms with van der Waals surface area (Å²) in [6.07, 6.45) is 6.97. The first-order valence-electron chi connectivity index (χ1n) is 4.35. The fourth-order valence-corrected chi connectivity index (χ4v) is 1.45. The Kier molecular flexibility index (Phi) is 6.70. The molecule has 0 heterocycles. The summed E-state index contributed by atoms with van der Waals surface area (Å²) in [5, 5.41) is 5.40. The quantitative estimate of drug-likeness (QED) is 0.496. The van der Waals surface area contributed by atoms with Crippen LogP contribution in [0.1, 0.15) is 32.6 Å². The lowest BCUT2D eigenvalue weighted by molar-refractivity contribution is 0.348. The van der Waals surface area contributed by atoms with Gasteiger partial charge in [-0.1, -0.05) is 6.92 Å². The van der Waals surface area contributed by atoms with E-state index in [1.807, 2.05) is 0 Å². The molecule has 13 heavy (non-hydrogen) atoms. The third-order valence-electron chi connectivity index (χ3n) is 2.22. The van der Waals surface area contributed by atoms with E-state index >= 15 is 0 Å². The molecule has 0 aromatic carbocycles. The monoisotopic (exact) mass is 182 g/mol. The smallest absolute Gasteiger partial charge is 0.222 e. The first kappa shape index (κ1) is 11.8. The van der Waals surface area contributed by atoms with Crippen molar-refractivity contribution in [2.24, 2.45) is 10.9 Å². The van der Waals surface area contributed by atoms with Crippen LogP contribution in [0, 0.1) is 11.3 Å². The van der Waals surface area contributed by atoms with Crippen LogP contribution in [-0.4, -0.2) is 18.2 Å². The Morgan fingerprint density at radius 2 is 1.69 bits per heavy atom. The highest BCUT2D eigenvalue weighted by molar-refractivity contribution is 5.33. The lowest BCUT2D eigenvalue weighted by Crippen LogP contribution is -2.14. The number of rotatable bonds is 1. The van der Waals surface area contributed by atoms with E-state index in [4.69, 9.17) is 10.2 Å². The normalized spacial score (nSPS) is 25.9. The van der Waals surface area contributed by atoms with Gasteiger partial charge in [0.05, 0.1) is 6.04 Å². The van der Waals surface area contributed by atoms with Crippen molar-refractivity contribution < 1.29 is 9.59 Å².